The van der Waals surface area contributed by atoms with Crippen LogP contribution in [-0.4, -0.2) is 28.3 Å². The molecule has 0 spiro atoms. The van der Waals surface area contributed by atoms with Crippen molar-refractivity contribution in [3.8, 4) is 0 Å². The zero-order valence-electron chi connectivity index (χ0n) is 19.4. The topological polar surface area (TPSA) is 95.5 Å². The highest BCUT2D eigenvalue weighted by atomic mass is 16.3. The molecule has 0 radical (unpaired) electrons. The number of carbonyl (C=O) groups excluding carboxylic acids is 3. The molecule has 178 valence electrons. The molecule has 2 amide bonds. The van der Waals surface area contributed by atoms with Gasteiger partial charge in [0.15, 0.2) is 0 Å². The summed E-state index contributed by atoms with van der Waals surface area (Å²) in [5, 5.41) is 16.9. The van der Waals surface area contributed by atoms with E-state index in [0.717, 1.165) is 5.56 Å². The van der Waals surface area contributed by atoms with Crippen LogP contribution in [0.5, 0.6) is 0 Å². The van der Waals surface area contributed by atoms with Crippen molar-refractivity contribution >= 4 is 35.0 Å². The molecule has 3 N–H and O–H groups in total. The van der Waals surface area contributed by atoms with Crippen LogP contribution in [0.3, 0.4) is 0 Å². The molecular formula is C29H28N2O4. The molecule has 0 saturated heterocycles. The first-order valence-corrected chi connectivity index (χ1v) is 11.6. The SMILES string of the molecule is CC1(O)CC(=O)C(C(=O)Nc2ccccc2)C(/C=C/c2ccccc2)C1C(=O)Nc1ccccc1. The summed E-state index contributed by atoms with van der Waals surface area (Å²) in [7, 11) is 0. The molecule has 0 bridgehead atoms. The van der Waals surface area contributed by atoms with Crippen LogP contribution in [0.4, 0.5) is 11.4 Å². The fourth-order valence-electron chi connectivity index (χ4n) is 4.66. The highest BCUT2D eigenvalue weighted by Gasteiger charge is 2.54. The van der Waals surface area contributed by atoms with Crippen molar-refractivity contribution in [3.63, 3.8) is 0 Å². The Balaban J connectivity index is 1.71. The maximum absolute atomic E-state index is 13.5. The Bertz CT molecular complexity index is 1210. The lowest BCUT2D eigenvalue weighted by Gasteiger charge is -2.43. The number of amides is 2. The van der Waals surface area contributed by atoms with Crippen molar-refractivity contribution in [3.05, 3.63) is 103 Å². The minimum Gasteiger partial charge on any atom is -0.389 e. The maximum Gasteiger partial charge on any atom is 0.235 e. The molecule has 35 heavy (non-hydrogen) atoms. The third kappa shape index (κ3) is 5.73. The summed E-state index contributed by atoms with van der Waals surface area (Å²) in [4.78, 5) is 40.1. The van der Waals surface area contributed by atoms with Crippen LogP contribution in [0.15, 0.2) is 97.1 Å². The molecule has 1 aliphatic rings. The number of aliphatic hydroxyl groups is 1. The summed E-state index contributed by atoms with van der Waals surface area (Å²) >= 11 is 0. The van der Waals surface area contributed by atoms with E-state index in [-0.39, 0.29) is 6.42 Å². The molecule has 1 fully saturated rings. The van der Waals surface area contributed by atoms with Gasteiger partial charge in [0.1, 0.15) is 11.7 Å². The van der Waals surface area contributed by atoms with E-state index >= 15 is 0 Å². The fraction of sp³-hybridized carbons (Fsp3) is 0.207. The number of para-hydroxylation sites is 2. The van der Waals surface area contributed by atoms with Crippen LogP contribution in [0, 0.1) is 17.8 Å². The van der Waals surface area contributed by atoms with Gasteiger partial charge in [0.05, 0.1) is 11.5 Å². The molecule has 4 rings (SSSR count). The van der Waals surface area contributed by atoms with Crippen molar-refractivity contribution in [2.75, 3.05) is 10.6 Å². The molecule has 4 unspecified atom stereocenters. The lowest BCUT2D eigenvalue weighted by atomic mass is 9.63. The summed E-state index contributed by atoms with van der Waals surface area (Å²) in [5.41, 5.74) is 0.347. The molecule has 6 nitrogen and oxygen atoms in total. The first kappa shape index (κ1) is 24.1. The van der Waals surface area contributed by atoms with Crippen molar-refractivity contribution in [1.82, 2.24) is 0 Å². The summed E-state index contributed by atoms with van der Waals surface area (Å²) in [6.07, 6.45) is 3.18. The van der Waals surface area contributed by atoms with Crippen LogP contribution in [-0.2, 0) is 14.4 Å². The molecule has 6 heteroatoms. The van der Waals surface area contributed by atoms with Crippen molar-refractivity contribution in [1.29, 1.82) is 0 Å². The van der Waals surface area contributed by atoms with E-state index in [4.69, 9.17) is 0 Å². The smallest absolute Gasteiger partial charge is 0.235 e. The normalized spacial score (nSPS) is 24.2. The maximum atomic E-state index is 13.5. The second-order valence-corrected chi connectivity index (χ2v) is 9.01. The lowest BCUT2D eigenvalue weighted by molar-refractivity contribution is -0.152. The first-order chi connectivity index (χ1) is 16.8. The zero-order valence-corrected chi connectivity index (χ0v) is 19.4. The predicted octanol–water partition coefficient (Wildman–Crippen LogP) is 4.55. The highest BCUT2D eigenvalue weighted by molar-refractivity contribution is 6.10. The quantitative estimate of drug-likeness (QED) is 0.463. The van der Waals surface area contributed by atoms with Crippen LogP contribution in [0.25, 0.3) is 6.08 Å². The standard InChI is InChI=1S/C29H28N2O4/c1-29(35)19-24(32)25(27(33)30-21-13-7-3-8-14-21)23(18-17-20-11-5-2-6-12-20)26(29)28(34)31-22-15-9-4-10-16-22/h2-18,23,25-26,35H,19H2,1H3,(H,30,33)(H,31,34)/b18-17+. The van der Waals surface area contributed by atoms with E-state index in [9.17, 15) is 19.5 Å². The van der Waals surface area contributed by atoms with Gasteiger partial charge >= 0.3 is 0 Å². The van der Waals surface area contributed by atoms with Gasteiger partial charge in [-0.2, -0.15) is 0 Å². The summed E-state index contributed by atoms with van der Waals surface area (Å²) < 4.78 is 0. The van der Waals surface area contributed by atoms with Gasteiger partial charge in [-0.3, -0.25) is 14.4 Å². The number of carbonyl (C=O) groups is 3. The third-order valence-electron chi connectivity index (χ3n) is 6.28. The van der Waals surface area contributed by atoms with E-state index < -0.39 is 41.0 Å². The van der Waals surface area contributed by atoms with Gasteiger partial charge in [-0.05, 0) is 36.8 Å². The average Bonchev–Trinajstić information content (AvgIpc) is 2.83. The first-order valence-electron chi connectivity index (χ1n) is 11.6. The Kier molecular flexibility index (Phi) is 7.22. The van der Waals surface area contributed by atoms with Gasteiger partial charge in [-0.1, -0.05) is 78.9 Å². The number of rotatable bonds is 6. The summed E-state index contributed by atoms with van der Waals surface area (Å²) in [5.74, 6) is -4.39. The number of hydrogen-bond acceptors (Lipinski definition) is 4. The molecule has 1 aliphatic carbocycles. The number of allylic oxidation sites excluding steroid dienone is 1. The van der Waals surface area contributed by atoms with E-state index in [0.29, 0.717) is 11.4 Å². The van der Waals surface area contributed by atoms with Gasteiger partial charge in [0, 0.05) is 23.7 Å². The van der Waals surface area contributed by atoms with E-state index in [1.54, 1.807) is 60.7 Å². The van der Waals surface area contributed by atoms with Gasteiger partial charge in [0.25, 0.3) is 0 Å². The number of benzene rings is 3. The Morgan fingerprint density at radius 3 is 1.86 bits per heavy atom. The Morgan fingerprint density at radius 1 is 0.829 bits per heavy atom. The third-order valence-corrected chi connectivity index (χ3v) is 6.28. The number of anilines is 2. The molecule has 1 saturated carbocycles. The lowest BCUT2D eigenvalue weighted by Crippen LogP contribution is -2.57. The monoisotopic (exact) mass is 468 g/mol. The van der Waals surface area contributed by atoms with Gasteiger partial charge in [-0.15, -0.1) is 0 Å². The van der Waals surface area contributed by atoms with Gasteiger partial charge in [-0.25, -0.2) is 0 Å². The largest absolute Gasteiger partial charge is 0.389 e. The molecular weight excluding hydrogens is 440 g/mol. The minimum absolute atomic E-state index is 0.303. The number of ketones is 1. The van der Waals surface area contributed by atoms with Crippen LogP contribution < -0.4 is 10.6 Å². The van der Waals surface area contributed by atoms with Crippen molar-refractivity contribution in [2.45, 2.75) is 18.9 Å². The van der Waals surface area contributed by atoms with Gasteiger partial charge < -0.3 is 15.7 Å². The average molecular weight is 469 g/mol. The number of hydrogen-bond donors (Lipinski definition) is 3. The number of Topliss-reactive ketones (excluding diaryl/α,β-unsaturated/α-hetero) is 1. The Labute approximate surface area is 204 Å². The Hall–Kier alpha value is -4.03. The van der Waals surface area contributed by atoms with Crippen molar-refractivity contribution in [2.24, 2.45) is 17.8 Å². The molecule has 0 aliphatic heterocycles. The molecule has 0 heterocycles. The summed E-state index contributed by atoms with van der Waals surface area (Å²) in [6, 6.07) is 27.2. The summed E-state index contributed by atoms with van der Waals surface area (Å²) in [6.45, 7) is 1.48. The minimum atomic E-state index is -1.63. The number of nitrogens with one attached hydrogen (secondary N) is 2. The predicted molar refractivity (Wildman–Crippen MR) is 136 cm³/mol. The molecule has 0 aromatic heterocycles. The molecule has 3 aromatic carbocycles. The molecule has 3 aromatic rings. The van der Waals surface area contributed by atoms with Crippen molar-refractivity contribution < 1.29 is 19.5 Å². The van der Waals surface area contributed by atoms with E-state index in [1.165, 1.54) is 6.92 Å². The van der Waals surface area contributed by atoms with Crippen LogP contribution >= 0.6 is 0 Å². The highest BCUT2D eigenvalue weighted by Crippen LogP contribution is 2.42. The zero-order chi connectivity index (χ0) is 24.8. The second-order valence-electron chi connectivity index (χ2n) is 9.01. The van der Waals surface area contributed by atoms with E-state index in [2.05, 4.69) is 10.6 Å². The van der Waals surface area contributed by atoms with Gasteiger partial charge in [0.2, 0.25) is 11.8 Å². The molecule has 4 atom stereocenters. The second kappa shape index (κ2) is 10.5. The fourth-order valence-corrected chi connectivity index (χ4v) is 4.66. The van der Waals surface area contributed by atoms with Crippen LogP contribution in [0.2, 0.25) is 0 Å². The van der Waals surface area contributed by atoms with Crippen LogP contribution in [0.1, 0.15) is 18.9 Å². The Morgan fingerprint density at radius 2 is 1.31 bits per heavy atom. The van der Waals surface area contributed by atoms with E-state index in [1.807, 2.05) is 42.5 Å².